The Morgan fingerprint density at radius 3 is 1.94 bits per heavy atom. The number of hydrogen-bond acceptors (Lipinski definition) is 6. The molecule has 10 heteroatoms. The Hall–Kier alpha value is -4.34. The SMILES string of the molecule is O=Cc1c[nH]c(-c2ccccc2)c1.O=Cc1cc(-c2ccccc2)n(S(=O)(=O)c2cnc(Cl)nc2)c1. The van der Waals surface area contributed by atoms with Gasteiger partial charge in [-0.05, 0) is 34.9 Å². The number of hydrogen-bond donors (Lipinski definition) is 1. The minimum atomic E-state index is -3.95. The molecule has 2 aromatic carbocycles. The molecule has 5 rings (SSSR count). The van der Waals surface area contributed by atoms with E-state index in [2.05, 4.69) is 15.0 Å². The normalized spacial score (nSPS) is 10.8. The van der Waals surface area contributed by atoms with E-state index in [4.69, 9.17) is 11.6 Å². The van der Waals surface area contributed by atoms with E-state index >= 15 is 0 Å². The molecular weight excluding hydrogens is 500 g/mol. The summed E-state index contributed by atoms with van der Waals surface area (Å²) in [5, 5.41) is -0.0479. The summed E-state index contributed by atoms with van der Waals surface area (Å²) in [7, 11) is -3.95. The van der Waals surface area contributed by atoms with E-state index in [1.807, 2.05) is 42.5 Å². The van der Waals surface area contributed by atoms with E-state index in [9.17, 15) is 18.0 Å². The Labute approximate surface area is 212 Å². The van der Waals surface area contributed by atoms with E-state index in [0.29, 0.717) is 23.1 Å². The molecule has 8 nitrogen and oxygen atoms in total. The Morgan fingerprint density at radius 2 is 1.39 bits per heavy atom. The van der Waals surface area contributed by atoms with Crippen LogP contribution in [0.1, 0.15) is 20.7 Å². The fourth-order valence-corrected chi connectivity index (χ4v) is 4.73. The molecular formula is C26H19ClN4O4S. The topological polar surface area (TPSA) is 115 Å². The number of H-pyrrole nitrogens is 1. The van der Waals surface area contributed by atoms with Gasteiger partial charge in [0.25, 0.3) is 10.0 Å². The van der Waals surface area contributed by atoms with Gasteiger partial charge in [0.05, 0.1) is 18.1 Å². The number of benzene rings is 2. The Morgan fingerprint density at radius 1 is 0.806 bits per heavy atom. The zero-order chi connectivity index (χ0) is 25.5. The second kappa shape index (κ2) is 10.9. The van der Waals surface area contributed by atoms with E-state index in [0.717, 1.165) is 33.9 Å². The van der Waals surface area contributed by atoms with Crippen LogP contribution in [0.15, 0.2) is 102 Å². The maximum Gasteiger partial charge on any atom is 0.271 e. The first-order valence-electron chi connectivity index (χ1n) is 10.6. The molecule has 3 aromatic heterocycles. The zero-order valence-electron chi connectivity index (χ0n) is 18.7. The Bertz CT molecular complexity index is 1580. The number of rotatable bonds is 6. The molecule has 0 fully saturated rings. The molecule has 0 amide bonds. The van der Waals surface area contributed by atoms with Gasteiger partial charge in [0.1, 0.15) is 4.90 Å². The summed E-state index contributed by atoms with van der Waals surface area (Å²) in [4.78, 5) is 31.8. The van der Waals surface area contributed by atoms with Crippen LogP contribution in [0.5, 0.6) is 0 Å². The highest BCUT2D eigenvalue weighted by Gasteiger charge is 2.22. The highest BCUT2D eigenvalue weighted by Crippen LogP contribution is 2.26. The van der Waals surface area contributed by atoms with Gasteiger partial charge in [-0.1, -0.05) is 60.7 Å². The predicted molar refractivity (Wildman–Crippen MR) is 136 cm³/mol. The molecule has 36 heavy (non-hydrogen) atoms. The maximum absolute atomic E-state index is 12.8. The van der Waals surface area contributed by atoms with E-state index in [1.54, 1.807) is 30.5 Å². The van der Waals surface area contributed by atoms with Crippen molar-refractivity contribution in [2.75, 3.05) is 0 Å². The van der Waals surface area contributed by atoms with Gasteiger partial charge in [-0.2, -0.15) is 0 Å². The average molecular weight is 519 g/mol. The smallest absolute Gasteiger partial charge is 0.271 e. The molecule has 3 heterocycles. The molecule has 0 aliphatic heterocycles. The minimum absolute atomic E-state index is 0.0479. The van der Waals surface area contributed by atoms with Crippen molar-refractivity contribution < 1.29 is 18.0 Å². The van der Waals surface area contributed by atoms with Crippen LogP contribution >= 0.6 is 11.6 Å². The molecule has 0 atom stereocenters. The molecule has 0 unspecified atom stereocenters. The molecule has 0 radical (unpaired) electrons. The predicted octanol–water partition coefficient (Wildman–Crippen LogP) is 5.14. The third kappa shape index (κ3) is 5.48. The van der Waals surface area contributed by atoms with Crippen LogP contribution in [0.4, 0.5) is 0 Å². The molecule has 0 saturated heterocycles. The summed E-state index contributed by atoms with van der Waals surface area (Å²) in [6.45, 7) is 0. The molecule has 5 aromatic rings. The lowest BCUT2D eigenvalue weighted by atomic mass is 10.1. The van der Waals surface area contributed by atoms with Crippen molar-refractivity contribution >= 4 is 34.2 Å². The van der Waals surface area contributed by atoms with Gasteiger partial charge in [-0.25, -0.2) is 22.4 Å². The van der Waals surface area contributed by atoms with Crippen LogP contribution in [-0.2, 0) is 10.0 Å². The van der Waals surface area contributed by atoms with Gasteiger partial charge >= 0.3 is 0 Å². The minimum Gasteiger partial charge on any atom is -0.360 e. The third-order valence-electron chi connectivity index (χ3n) is 5.09. The monoisotopic (exact) mass is 518 g/mol. The first-order valence-corrected chi connectivity index (χ1v) is 12.4. The van der Waals surface area contributed by atoms with Gasteiger partial charge in [-0.3, -0.25) is 9.59 Å². The first-order chi connectivity index (χ1) is 17.4. The molecule has 0 aliphatic carbocycles. The van der Waals surface area contributed by atoms with Crippen molar-refractivity contribution in [1.29, 1.82) is 0 Å². The number of carbonyl (C=O) groups is 2. The molecule has 180 valence electrons. The fourth-order valence-electron chi connectivity index (χ4n) is 3.36. The lowest BCUT2D eigenvalue weighted by Crippen LogP contribution is -2.14. The number of carbonyl (C=O) groups excluding carboxylic acids is 2. The van der Waals surface area contributed by atoms with Crippen LogP contribution in [0.25, 0.3) is 22.5 Å². The largest absolute Gasteiger partial charge is 0.360 e. The maximum atomic E-state index is 12.8. The van der Waals surface area contributed by atoms with Crippen molar-refractivity contribution in [1.82, 2.24) is 18.9 Å². The molecule has 0 spiro atoms. The highest BCUT2D eigenvalue weighted by atomic mass is 35.5. The summed E-state index contributed by atoms with van der Waals surface area (Å²) in [5.74, 6) is 0. The van der Waals surface area contributed by atoms with Crippen LogP contribution in [0.3, 0.4) is 0 Å². The summed E-state index contributed by atoms with van der Waals surface area (Å²) in [6.07, 6.45) is 6.65. The second-order valence-corrected chi connectivity index (χ2v) is 9.61. The summed E-state index contributed by atoms with van der Waals surface area (Å²) >= 11 is 5.59. The third-order valence-corrected chi connectivity index (χ3v) is 6.91. The van der Waals surface area contributed by atoms with Gasteiger partial charge in [0, 0.05) is 29.2 Å². The van der Waals surface area contributed by atoms with Gasteiger partial charge in [0.2, 0.25) is 5.28 Å². The molecule has 0 saturated carbocycles. The van der Waals surface area contributed by atoms with Crippen molar-refractivity contribution in [2.24, 2.45) is 0 Å². The lowest BCUT2D eigenvalue weighted by Gasteiger charge is -2.10. The van der Waals surface area contributed by atoms with E-state index in [1.165, 1.54) is 12.3 Å². The molecule has 0 aliphatic rings. The van der Waals surface area contributed by atoms with Crippen molar-refractivity contribution in [3.05, 3.63) is 114 Å². The number of halogens is 1. The number of aromatic amines is 1. The lowest BCUT2D eigenvalue weighted by molar-refractivity contribution is 0.111. The Balaban J connectivity index is 0.000000197. The van der Waals surface area contributed by atoms with E-state index < -0.39 is 10.0 Å². The fraction of sp³-hybridized carbons (Fsp3) is 0. The first kappa shape index (κ1) is 24.8. The standard InChI is InChI=1S/C15H10ClN3O3S.C11H9NO/c16-15-17-7-13(8-18-15)23(21,22)19-9-11(10-20)6-14(19)12-4-2-1-3-5-12;13-8-9-6-11(12-7-9)10-4-2-1-3-5-10/h1-10H;1-8,12H. The van der Waals surface area contributed by atoms with Crippen molar-refractivity contribution in [3.8, 4) is 22.5 Å². The Kier molecular flexibility index (Phi) is 7.53. The quantitative estimate of drug-likeness (QED) is 0.246. The molecule has 1 N–H and O–H groups in total. The van der Waals surface area contributed by atoms with Crippen LogP contribution in [-0.4, -0.2) is 39.9 Å². The van der Waals surface area contributed by atoms with Gasteiger partial charge in [0.15, 0.2) is 12.6 Å². The summed E-state index contributed by atoms with van der Waals surface area (Å²) in [6, 6.07) is 22.2. The average Bonchev–Trinajstić information content (AvgIpc) is 3.58. The second-order valence-electron chi connectivity index (χ2n) is 7.46. The van der Waals surface area contributed by atoms with Gasteiger partial charge < -0.3 is 4.98 Å². The van der Waals surface area contributed by atoms with Gasteiger partial charge in [-0.15, -0.1) is 0 Å². The summed E-state index contributed by atoms with van der Waals surface area (Å²) in [5.41, 5.74) is 4.04. The van der Waals surface area contributed by atoms with Crippen molar-refractivity contribution in [2.45, 2.75) is 4.90 Å². The zero-order valence-corrected chi connectivity index (χ0v) is 20.2. The highest BCUT2D eigenvalue weighted by molar-refractivity contribution is 7.90. The van der Waals surface area contributed by atoms with E-state index in [-0.39, 0.29) is 15.7 Å². The summed E-state index contributed by atoms with van der Waals surface area (Å²) < 4.78 is 26.6. The molecule has 0 bridgehead atoms. The number of aromatic nitrogens is 4. The number of nitrogens with one attached hydrogen (secondary N) is 1. The van der Waals surface area contributed by atoms with Crippen molar-refractivity contribution in [3.63, 3.8) is 0 Å². The number of nitrogens with zero attached hydrogens (tertiary/aromatic N) is 3. The van der Waals surface area contributed by atoms with Crippen LogP contribution in [0, 0.1) is 0 Å². The van der Waals surface area contributed by atoms with Crippen LogP contribution < -0.4 is 0 Å². The number of aldehydes is 2. The van der Waals surface area contributed by atoms with Crippen LogP contribution in [0.2, 0.25) is 5.28 Å².